The molecule has 1 aromatic heterocycles. The number of hydrogen-bond acceptors (Lipinski definition) is 6. The molecule has 1 aliphatic rings. The standard InChI is InChI=1S/C16H21N3O3/c17-14-15(12-4-1-2-5-13(12)22-16(14)20)18-6-3-7-19-8-10-21-11-9-19/h1-2,4-5,18H,3,6-11,17H2. The van der Waals surface area contributed by atoms with E-state index in [9.17, 15) is 4.79 Å². The van der Waals surface area contributed by atoms with Gasteiger partial charge >= 0.3 is 5.63 Å². The molecule has 2 heterocycles. The van der Waals surface area contributed by atoms with Crippen molar-refractivity contribution in [2.24, 2.45) is 0 Å². The van der Waals surface area contributed by atoms with Crippen LogP contribution in [0, 0.1) is 0 Å². The van der Waals surface area contributed by atoms with Crippen LogP contribution in [0.3, 0.4) is 0 Å². The summed E-state index contributed by atoms with van der Waals surface area (Å²) >= 11 is 0. The SMILES string of the molecule is Nc1c(NCCCN2CCOCC2)c2ccccc2oc1=O. The van der Waals surface area contributed by atoms with Crippen LogP contribution < -0.4 is 16.7 Å². The van der Waals surface area contributed by atoms with Crippen molar-refractivity contribution in [2.45, 2.75) is 6.42 Å². The molecule has 1 saturated heterocycles. The molecule has 0 atom stereocenters. The molecule has 0 bridgehead atoms. The summed E-state index contributed by atoms with van der Waals surface area (Å²) in [6, 6.07) is 7.42. The largest absolute Gasteiger partial charge is 0.421 e. The van der Waals surface area contributed by atoms with Gasteiger partial charge in [-0.15, -0.1) is 0 Å². The third-order valence-corrected chi connectivity index (χ3v) is 3.90. The number of ether oxygens (including phenoxy) is 1. The van der Waals surface area contributed by atoms with Crippen molar-refractivity contribution in [3.05, 3.63) is 34.7 Å². The third kappa shape index (κ3) is 3.23. The first-order valence-corrected chi connectivity index (χ1v) is 7.61. The Bertz CT molecular complexity index is 693. The first-order chi connectivity index (χ1) is 10.8. The molecule has 1 fully saturated rings. The van der Waals surface area contributed by atoms with Gasteiger partial charge in [-0.05, 0) is 25.1 Å². The molecule has 0 amide bonds. The maximum Gasteiger partial charge on any atom is 0.361 e. The number of fused-ring (bicyclic) bond motifs is 1. The summed E-state index contributed by atoms with van der Waals surface area (Å²) in [5.74, 6) is 0. The summed E-state index contributed by atoms with van der Waals surface area (Å²) in [6.45, 7) is 5.36. The minimum atomic E-state index is -0.491. The van der Waals surface area contributed by atoms with Crippen molar-refractivity contribution < 1.29 is 9.15 Å². The fourth-order valence-corrected chi connectivity index (χ4v) is 2.70. The fourth-order valence-electron chi connectivity index (χ4n) is 2.70. The lowest BCUT2D eigenvalue weighted by Crippen LogP contribution is -2.37. The maximum atomic E-state index is 11.8. The van der Waals surface area contributed by atoms with E-state index in [1.165, 1.54) is 0 Å². The van der Waals surface area contributed by atoms with Crippen molar-refractivity contribution in [3.63, 3.8) is 0 Å². The van der Waals surface area contributed by atoms with Gasteiger partial charge in [-0.25, -0.2) is 4.79 Å². The van der Waals surface area contributed by atoms with Crippen molar-refractivity contribution >= 4 is 22.3 Å². The molecule has 22 heavy (non-hydrogen) atoms. The highest BCUT2D eigenvalue weighted by molar-refractivity contribution is 5.95. The third-order valence-electron chi connectivity index (χ3n) is 3.90. The fraction of sp³-hybridized carbons (Fsp3) is 0.438. The van der Waals surface area contributed by atoms with Gasteiger partial charge in [-0.2, -0.15) is 0 Å². The van der Waals surface area contributed by atoms with Crippen LogP contribution in [0.5, 0.6) is 0 Å². The summed E-state index contributed by atoms with van der Waals surface area (Å²) in [5, 5.41) is 4.13. The molecule has 1 aromatic carbocycles. The smallest absolute Gasteiger partial charge is 0.361 e. The lowest BCUT2D eigenvalue weighted by Gasteiger charge is -2.26. The Morgan fingerprint density at radius 3 is 2.82 bits per heavy atom. The lowest BCUT2D eigenvalue weighted by molar-refractivity contribution is 0.0378. The molecule has 0 unspecified atom stereocenters. The number of nitrogens with one attached hydrogen (secondary N) is 1. The van der Waals surface area contributed by atoms with Gasteiger partial charge in [0.1, 0.15) is 11.3 Å². The number of anilines is 2. The van der Waals surface area contributed by atoms with Crippen molar-refractivity contribution in [1.29, 1.82) is 0 Å². The highest BCUT2D eigenvalue weighted by atomic mass is 16.5. The average Bonchev–Trinajstić information content (AvgIpc) is 2.55. The quantitative estimate of drug-likeness (QED) is 0.644. The number of rotatable bonds is 5. The first kappa shape index (κ1) is 14.9. The normalized spacial score (nSPS) is 16.0. The zero-order chi connectivity index (χ0) is 15.4. The molecule has 0 radical (unpaired) electrons. The minimum absolute atomic E-state index is 0.144. The number of benzene rings is 1. The van der Waals surface area contributed by atoms with Gasteiger partial charge < -0.3 is 20.2 Å². The zero-order valence-electron chi connectivity index (χ0n) is 12.5. The van der Waals surface area contributed by atoms with Crippen LogP contribution in [0.25, 0.3) is 11.0 Å². The predicted molar refractivity (Wildman–Crippen MR) is 87.3 cm³/mol. The van der Waals surface area contributed by atoms with Crippen LogP contribution in [0.4, 0.5) is 11.4 Å². The van der Waals surface area contributed by atoms with Crippen molar-refractivity contribution in [3.8, 4) is 0 Å². The van der Waals surface area contributed by atoms with E-state index in [2.05, 4.69) is 10.2 Å². The highest BCUT2D eigenvalue weighted by Gasteiger charge is 2.12. The Morgan fingerprint density at radius 1 is 1.23 bits per heavy atom. The molecule has 0 aliphatic carbocycles. The topological polar surface area (TPSA) is 80.7 Å². The van der Waals surface area contributed by atoms with Gasteiger partial charge in [-0.1, -0.05) is 12.1 Å². The van der Waals surface area contributed by atoms with Crippen LogP contribution in [0.1, 0.15) is 6.42 Å². The molecule has 0 spiro atoms. The van der Waals surface area contributed by atoms with Gasteiger partial charge in [-0.3, -0.25) is 4.90 Å². The van der Waals surface area contributed by atoms with E-state index < -0.39 is 5.63 Å². The number of morpholine rings is 1. The van der Waals surface area contributed by atoms with E-state index in [1.54, 1.807) is 6.07 Å². The van der Waals surface area contributed by atoms with Crippen LogP contribution in [0.2, 0.25) is 0 Å². The van der Waals surface area contributed by atoms with Crippen LogP contribution in [-0.2, 0) is 4.74 Å². The van der Waals surface area contributed by atoms with E-state index in [4.69, 9.17) is 14.9 Å². The molecule has 3 N–H and O–H groups in total. The Morgan fingerprint density at radius 2 is 2.00 bits per heavy atom. The summed E-state index contributed by atoms with van der Waals surface area (Å²) in [6.07, 6.45) is 0.980. The molecule has 0 saturated carbocycles. The predicted octanol–water partition coefficient (Wildman–Crippen LogP) is 1.51. The second kappa shape index (κ2) is 6.81. The molecule has 6 heteroatoms. The van der Waals surface area contributed by atoms with E-state index in [0.29, 0.717) is 11.3 Å². The molecule has 1 aliphatic heterocycles. The number of hydrogen-bond donors (Lipinski definition) is 2. The minimum Gasteiger partial charge on any atom is -0.421 e. The monoisotopic (exact) mass is 303 g/mol. The second-order valence-electron chi connectivity index (χ2n) is 5.41. The Labute approximate surface area is 128 Å². The van der Waals surface area contributed by atoms with Gasteiger partial charge in [0, 0.05) is 25.0 Å². The van der Waals surface area contributed by atoms with E-state index >= 15 is 0 Å². The zero-order valence-corrected chi connectivity index (χ0v) is 12.5. The van der Waals surface area contributed by atoms with Crippen LogP contribution in [0.15, 0.2) is 33.5 Å². The first-order valence-electron chi connectivity index (χ1n) is 7.61. The molecule has 6 nitrogen and oxygen atoms in total. The van der Waals surface area contributed by atoms with Crippen LogP contribution >= 0.6 is 0 Å². The lowest BCUT2D eigenvalue weighted by atomic mass is 10.2. The number of para-hydroxylation sites is 1. The Hall–Kier alpha value is -2.05. The number of nitrogen functional groups attached to an aromatic ring is 1. The summed E-state index contributed by atoms with van der Waals surface area (Å²) in [5.41, 5.74) is 6.76. The Balaban J connectivity index is 1.65. The van der Waals surface area contributed by atoms with Gasteiger partial charge in [0.2, 0.25) is 0 Å². The average molecular weight is 303 g/mol. The van der Waals surface area contributed by atoms with Gasteiger partial charge in [0.05, 0.1) is 18.9 Å². The summed E-state index contributed by atoms with van der Waals surface area (Å²) in [7, 11) is 0. The Kier molecular flexibility index (Phi) is 4.60. The molecule has 2 aromatic rings. The summed E-state index contributed by atoms with van der Waals surface area (Å²) in [4.78, 5) is 14.2. The van der Waals surface area contributed by atoms with E-state index in [-0.39, 0.29) is 5.69 Å². The van der Waals surface area contributed by atoms with Gasteiger partial charge in [0.15, 0.2) is 0 Å². The van der Waals surface area contributed by atoms with Crippen molar-refractivity contribution in [1.82, 2.24) is 4.90 Å². The van der Waals surface area contributed by atoms with Gasteiger partial charge in [0.25, 0.3) is 0 Å². The van der Waals surface area contributed by atoms with E-state index in [0.717, 1.165) is 51.2 Å². The number of nitrogens with two attached hydrogens (primary N) is 1. The van der Waals surface area contributed by atoms with E-state index in [1.807, 2.05) is 18.2 Å². The second-order valence-corrected chi connectivity index (χ2v) is 5.41. The molecule has 118 valence electrons. The highest BCUT2D eigenvalue weighted by Crippen LogP contribution is 2.26. The number of nitrogens with zero attached hydrogens (tertiary/aromatic N) is 1. The molecule has 3 rings (SSSR count). The van der Waals surface area contributed by atoms with Crippen molar-refractivity contribution in [2.75, 3.05) is 50.4 Å². The van der Waals surface area contributed by atoms with Crippen LogP contribution in [-0.4, -0.2) is 44.3 Å². The summed E-state index contributed by atoms with van der Waals surface area (Å²) < 4.78 is 10.5. The molecular weight excluding hydrogens is 282 g/mol. The molecular formula is C16H21N3O3. The maximum absolute atomic E-state index is 11.8.